The summed E-state index contributed by atoms with van der Waals surface area (Å²) in [7, 11) is 0. The van der Waals surface area contributed by atoms with Crippen LogP contribution in [0.15, 0.2) is 29.1 Å². The van der Waals surface area contributed by atoms with Crippen molar-refractivity contribution in [2.75, 3.05) is 18.0 Å². The Bertz CT molecular complexity index is 833. The van der Waals surface area contributed by atoms with Crippen LogP contribution in [0.25, 0.3) is 11.3 Å². The number of aromatic carboxylic acids is 1. The second-order valence-corrected chi connectivity index (χ2v) is 6.26. The molecule has 1 fully saturated rings. The fourth-order valence-corrected chi connectivity index (χ4v) is 3.35. The van der Waals surface area contributed by atoms with Crippen molar-refractivity contribution in [3.63, 3.8) is 0 Å². The molecule has 2 aromatic rings. The Hall–Kier alpha value is -2.56. The molecule has 0 radical (unpaired) electrons. The van der Waals surface area contributed by atoms with E-state index < -0.39 is 11.5 Å². The van der Waals surface area contributed by atoms with Gasteiger partial charge >= 0.3 is 5.97 Å². The minimum Gasteiger partial charge on any atom is -0.477 e. The lowest BCUT2D eigenvalue weighted by Gasteiger charge is -2.20. The average molecular weight is 326 g/mol. The molecule has 1 saturated heterocycles. The van der Waals surface area contributed by atoms with E-state index in [-0.39, 0.29) is 5.56 Å². The Morgan fingerprint density at radius 3 is 2.54 bits per heavy atom. The zero-order chi connectivity index (χ0) is 17.3. The summed E-state index contributed by atoms with van der Waals surface area (Å²) in [4.78, 5) is 28.4. The topological polar surface area (TPSA) is 73.4 Å². The van der Waals surface area contributed by atoms with Crippen molar-refractivity contribution in [1.82, 2.24) is 4.98 Å². The summed E-state index contributed by atoms with van der Waals surface area (Å²) in [5.74, 6) is -1.20. The van der Waals surface area contributed by atoms with Gasteiger partial charge in [-0.1, -0.05) is 13.0 Å². The number of aryl methyl sites for hydroxylation is 2. The molecule has 1 aromatic carbocycles. The number of carboxylic acid groups (broad SMARTS) is 1. The van der Waals surface area contributed by atoms with E-state index in [2.05, 4.69) is 22.0 Å². The van der Waals surface area contributed by atoms with Gasteiger partial charge in [-0.25, -0.2) is 4.79 Å². The zero-order valence-electron chi connectivity index (χ0n) is 14.1. The third-order valence-electron chi connectivity index (χ3n) is 4.68. The maximum Gasteiger partial charge on any atom is 0.341 e. The molecule has 0 saturated carbocycles. The highest BCUT2D eigenvalue weighted by Crippen LogP contribution is 2.29. The van der Waals surface area contributed by atoms with Gasteiger partial charge < -0.3 is 15.0 Å². The maximum absolute atomic E-state index is 12.1. The zero-order valence-corrected chi connectivity index (χ0v) is 14.1. The fraction of sp³-hybridized carbons (Fsp3) is 0.368. The third-order valence-corrected chi connectivity index (χ3v) is 4.68. The van der Waals surface area contributed by atoms with Crippen LogP contribution in [0.2, 0.25) is 0 Å². The van der Waals surface area contributed by atoms with Crippen LogP contribution >= 0.6 is 0 Å². The van der Waals surface area contributed by atoms with Crippen LogP contribution in [0.1, 0.15) is 41.3 Å². The minimum absolute atomic E-state index is 0.207. The molecular formula is C19H22N2O3. The van der Waals surface area contributed by atoms with Crippen LogP contribution in [-0.4, -0.2) is 29.1 Å². The molecule has 2 N–H and O–H groups in total. The van der Waals surface area contributed by atoms with Gasteiger partial charge in [0.1, 0.15) is 5.56 Å². The van der Waals surface area contributed by atoms with Gasteiger partial charge in [-0.15, -0.1) is 0 Å². The molecule has 0 unspecified atom stereocenters. The average Bonchev–Trinajstić information content (AvgIpc) is 3.08. The first kappa shape index (κ1) is 16.3. The molecule has 5 heteroatoms. The summed E-state index contributed by atoms with van der Waals surface area (Å²) < 4.78 is 0. The predicted molar refractivity (Wildman–Crippen MR) is 95.0 cm³/mol. The molecule has 2 heterocycles. The van der Waals surface area contributed by atoms with Crippen LogP contribution in [-0.2, 0) is 6.42 Å². The Kier molecular flexibility index (Phi) is 4.42. The van der Waals surface area contributed by atoms with E-state index >= 15 is 0 Å². The monoisotopic (exact) mass is 326 g/mol. The molecule has 1 aromatic heterocycles. The number of carboxylic acids is 1. The lowest BCUT2D eigenvalue weighted by molar-refractivity contribution is 0.0695. The third kappa shape index (κ3) is 2.94. The standard InChI is InChI=1S/C19H22N2O3/c1-3-13-11-16(19(23)24)18(22)20-17(13)15-7-6-14(10-12(15)2)21-8-4-5-9-21/h6-7,10-11H,3-5,8-9H2,1-2H3,(H,20,22)(H,23,24). The first-order valence-electron chi connectivity index (χ1n) is 8.36. The van der Waals surface area contributed by atoms with Crippen LogP contribution in [0, 0.1) is 6.92 Å². The van der Waals surface area contributed by atoms with Gasteiger partial charge in [-0.3, -0.25) is 4.79 Å². The summed E-state index contributed by atoms with van der Waals surface area (Å²) in [6.07, 6.45) is 3.11. The van der Waals surface area contributed by atoms with Crippen molar-refractivity contribution < 1.29 is 9.90 Å². The number of aromatic nitrogens is 1. The van der Waals surface area contributed by atoms with Crippen LogP contribution in [0.5, 0.6) is 0 Å². The van der Waals surface area contributed by atoms with E-state index in [0.717, 1.165) is 35.5 Å². The number of aromatic amines is 1. The lowest BCUT2D eigenvalue weighted by atomic mass is 9.98. The van der Waals surface area contributed by atoms with E-state index in [4.69, 9.17) is 5.11 Å². The molecule has 0 aliphatic carbocycles. The number of nitrogens with zero attached hydrogens (tertiary/aromatic N) is 1. The Morgan fingerprint density at radius 1 is 1.25 bits per heavy atom. The van der Waals surface area contributed by atoms with Gasteiger partial charge in [0.25, 0.3) is 5.56 Å². The molecule has 0 bridgehead atoms. The Morgan fingerprint density at radius 2 is 1.96 bits per heavy atom. The minimum atomic E-state index is -1.20. The Balaban J connectivity index is 2.06. The van der Waals surface area contributed by atoms with E-state index in [1.807, 2.05) is 19.9 Å². The van der Waals surface area contributed by atoms with Crippen molar-refractivity contribution in [3.8, 4) is 11.3 Å². The number of carbonyl (C=O) groups is 1. The van der Waals surface area contributed by atoms with Gasteiger partial charge in [-0.05, 0) is 55.5 Å². The van der Waals surface area contributed by atoms with E-state index in [1.165, 1.54) is 24.6 Å². The number of benzene rings is 1. The first-order chi connectivity index (χ1) is 11.5. The van der Waals surface area contributed by atoms with E-state index in [9.17, 15) is 9.59 Å². The van der Waals surface area contributed by atoms with Gasteiger partial charge in [0.15, 0.2) is 0 Å². The highest BCUT2D eigenvalue weighted by atomic mass is 16.4. The molecule has 0 spiro atoms. The fourth-order valence-electron chi connectivity index (χ4n) is 3.35. The smallest absolute Gasteiger partial charge is 0.341 e. The van der Waals surface area contributed by atoms with Crippen LogP contribution < -0.4 is 10.5 Å². The van der Waals surface area contributed by atoms with Gasteiger partial charge in [-0.2, -0.15) is 0 Å². The number of H-pyrrole nitrogens is 1. The van der Waals surface area contributed by atoms with Gasteiger partial charge in [0.05, 0.1) is 5.69 Å². The molecular weight excluding hydrogens is 304 g/mol. The highest BCUT2D eigenvalue weighted by Gasteiger charge is 2.17. The molecule has 5 nitrogen and oxygen atoms in total. The van der Waals surface area contributed by atoms with Crippen molar-refractivity contribution in [1.29, 1.82) is 0 Å². The number of anilines is 1. The number of hydrogen-bond acceptors (Lipinski definition) is 3. The lowest BCUT2D eigenvalue weighted by Crippen LogP contribution is -2.20. The van der Waals surface area contributed by atoms with Crippen LogP contribution in [0.4, 0.5) is 5.69 Å². The predicted octanol–water partition coefficient (Wildman–Crippen LogP) is 3.21. The molecule has 0 atom stereocenters. The summed E-state index contributed by atoms with van der Waals surface area (Å²) in [5.41, 5.74) is 4.02. The largest absolute Gasteiger partial charge is 0.477 e. The quantitative estimate of drug-likeness (QED) is 0.905. The summed E-state index contributed by atoms with van der Waals surface area (Å²) in [6.45, 7) is 6.15. The molecule has 0 amide bonds. The van der Waals surface area contributed by atoms with Gasteiger partial charge in [0, 0.05) is 24.3 Å². The number of hydrogen-bond donors (Lipinski definition) is 2. The highest BCUT2D eigenvalue weighted by molar-refractivity contribution is 5.88. The molecule has 1 aliphatic heterocycles. The SMILES string of the molecule is CCc1cc(C(=O)O)c(=O)[nH]c1-c1ccc(N2CCCC2)cc1C. The van der Waals surface area contributed by atoms with E-state index in [0.29, 0.717) is 6.42 Å². The van der Waals surface area contributed by atoms with Crippen molar-refractivity contribution in [2.45, 2.75) is 33.1 Å². The summed E-state index contributed by atoms with van der Waals surface area (Å²) in [6, 6.07) is 7.73. The number of pyridine rings is 1. The first-order valence-corrected chi connectivity index (χ1v) is 8.36. The van der Waals surface area contributed by atoms with Gasteiger partial charge in [0.2, 0.25) is 0 Å². The van der Waals surface area contributed by atoms with Crippen LogP contribution in [0.3, 0.4) is 0 Å². The van der Waals surface area contributed by atoms with Crippen molar-refractivity contribution in [2.24, 2.45) is 0 Å². The normalized spacial score (nSPS) is 14.2. The number of rotatable bonds is 4. The second kappa shape index (κ2) is 6.51. The molecule has 3 rings (SSSR count). The number of nitrogens with one attached hydrogen (secondary N) is 1. The summed E-state index contributed by atoms with van der Waals surface area (Å²) >= 11 is 0. The molecule has 24 heavy (non-hydrogen) atoms. The Labute approximate surface area is 140 Å². The summed E-state index contributed by atoms with van der Waals surface area (Å²) in [5, 5.41) is 9.13. The van der Waals surface area contributed by atoms with Crippen molar-refractivity contribution in [3.05, 3.63) is 51.3 Å². The molecule has 126 valence electrons. The maximum atomic E-state index is 12.1. The van der Waals surface area contributed by atoms with E-state index in [1.54, 1.807) is 0 Å². The van der Waals surface area contributed by atoms with Crippen molar-refractivity contribution >= 4 is 11.7 Å². The molecule has 1 aliphatic rings. The second-order valence-electron chi connectivity index (χ2n) is 6.26.